The normalized spacial score (nSPS) is 26.0. The van der Waals surface area contributed by atoms with Gasteiger partial charge < -0.3 is 0 Å². The van der Waals surface area contributed by atoms with E-state index in [1.54, 1.807) is 30.2 Å². The van der Waals surface area contributed by atoms with Crippen LogP contribution < -0.4 is 0 Å². The van der Waals surface area contributed by atoms with Gasteiger partial charge in [0.05, 0.1) is 0 Å². The standard InChI is InChI=1S/C17H27N3O2S2/c1-18(2)24(21,22)20-11-14-8-9-16(13-20)19(10-14)12-15-6-4-5-7-17(15)23-3/h4-7,14,16H,8-13H2,1-3H3/t14-,16-/m1/s1. The molecule has 0 aromatic heterocycles. The summed E-state index contributed by atoms with van der Waals surface area (Å²) in [6.07, 6.45) is 4.33. The minimum atomic E-state index is -3.32. The largest absolute Gasteiger partial charge is 0.294 e. The maximum atomic E-state index is 12.6. The van der Waals surface area contributed by atoms with Gasteiger partial charge in [0.25, 0.3) is 10.2 Å². The number of fused-ring (bicyclic) bond motifs is 4. The van der Waals surface area contributed by atoms with Crippen LogP contribution in [0.4, 0.5) is 0 Å². The Morgan fingerprint density at radius 2 is 1.92 bits per heavy atom. The summed E-state index contributed by atoms with van der Waals surface area (Å²) in [7, 11) is -0.0830. The summed E-state index contributed by atoms with van der Waals surface area (Å²) in [5.74, 6) is 0.430. The van der Waals surface area contributed by atoms with Gasteiger partial charge in [-0.25, -0.2) is 0 Å². The summed E-state index contributed by atoms with van der Waals surface area (Å²) in [6, 6.07) is 8.84. The zero-order chi connectivity index (χ0) is 17.3. The van der Waals surface area contributed by atoms with E-state index in [9.17, 15) is 8.42 Å². The van der Waals surface area contributed by atoms with E-state index in [1.165, 1.54) is 14.8 Å². The monoisotopic (exact) mass is 369 g/mol. The second kappa shape index (κ2) is 7.33. The van der Waals surface area contributed by atoms with Crippen molar-refractivity contribution in [3.05, 3.63) is 29.8 Å². The average molecular weight is 370 g/mol. The van der Waals surface area contributed by atoms with Crippen molar-refractivity contribution in [3.63, 3.8) is 0 Å². The zero-order valence-electron chi connectivity index (χ0n) is 14.7. The molecule has 134 valence electrons. The summed E-state index contributed by atoms with van der Waals surface area (Å²) >= 11 is 1.78. The fraction of sp³-hybridized carbons (Fsp3) is 0.647. The Balaban J connectivity index is 1.79. The van der Waals surface area contributed by atoms with Crippen LogP contribution in [0.25, 0.3) is 0 Å². The molecular formula is C17H27N3O2S2. The van der Waals surface area contributed by atoms with Crippen LogP contribution in [0.15, 0.2) is 29.2 Å². The van der Waals surface area contributed by atoms with Crippen molar-refractivity contribution in [1.29, 1.82) is 0 Å². The molecule has 5 nitrogen and oxygen atoms in total. The highest BCUT2D eigenvalue weighted by Gasteiger charge is 2.39. The number of thioether (sulfide) groups is 1. The molecule has 1 aromatic carbocycles. The Hall–Kier alpha value is -0.600. The molecule has 3 heterocycles. The molecule has 0 unspecified atom stereocenters. The summed E-state index contributed by atoms with van der Waals surface area (Å²) in [5, 5.41) is 0. The zero-order valence-corrected chi connectivity index (χ0v) is 16.3. The number of hydrogen-bond acceptors (Lipinski definition) is 4. The lowest BCUT2D eigenvalue weighted by molar-refractivity contribution is 0.124. The van der Waals surface area contributed by atoms with Gasteiger partial charge in [0.15, 0.2) is 0 Å². The summed E-state index contributed by atoms with van der Waals surface area (Å²) < 4.78 is 28.1. The maximum Gasteiger partial charge on any atom is 0.281 e. The van der Waals surface area contributed by atoms with Crippen LogP contribution >= 0.6 is 11.8 Å². The van der Waals surface area contributed by atoms with E-state index in [-0.39, 0.29) is 0 Å². The SMILES string of the molecule is CSc1ccccc1CN1C[C@H]2CC[C@@H]1CN(S(=O)(=O)N(C)C)C2. The predicted octanol–water partition coefficient (Wildman–Crippen LogP) is 2.11. The minimum Gasteiger partial charge on any atom is -0.294 e. The van der Waals surface area contributed by atoms with Crippen LogP contribution in [0, 0.1) is 5.92 Å². The summed E-state index contributed by atoms with van der Waals surface area (Å²) in [4.78, 5) is 3.81. The van der Waals surface area contributed by atoms with E-state index in [0.29, 0.717) is 25.0 Å². The average Bonchev–Trinajstić information content (AvgIpc) is 2.87. The third kappa shape index (κ3) is 3.65. The van der Waals surface area contributed by atoms with E-state index in [2.05, 4.69) is 35.4 Å². The van der Waals surface area contributed by atoms with Crippen molar-refractivity contribution >= 4 is 22.0 Å². The van der Waals surface area contributed by atoms with Gasteiger partial charge >= 0.3 is 0 Å². The Morgan fingerprint density at radius 1 is 1.17 bits per heavy atom. The molecule has 0 aliphatic carbocycles. The molecule has 3 aliphatic heterocycles. The third-order valence-electron chi connectivity index (χ3n) is 5.15. The highest BCUT2D eigenvalue weighted by molar-refractivity contribution is 7.98. The first-order valence-corrected chi connectivity index (χ1v) is 11.1. The predicted molar refractivity (Wildman–Crippen MR) is 99.3 cm³/mol. The minimum absolute atomic E-state index is 0.313. The number of piperidine rings is 1. The van der Waals surface area contributed by atoms with Crippen LogP contribution in [0.5, 0.6) is 0 Å². The van der Waals surface area contributed by atoms with Gasteiger partial charge in [0.2, 0.25) is 0 Å². The van der Waals surface area contributed by atoms with E-state index >= 15 is 0 Å². The molecule has 2 bridgehead atoms. The van der Waals surface area contributed by atoms with Crippen LogP contribution in [0.2, 0.25) is 0 Å². The van der Waals surface area contributed by atoms with Gasteiger partial charge in [-0.15, -0.1) is 11.8 Å². The lowest BCUT2D eigenvalue weighted by Crippen LogP contribution is -2.45. The summed E-state index contributed by atoms with van der Waals surface area (Å²) in [5.41, 5.74) is 1.35. The number of hydrogen-bond donors (Lipinski definition) is 0. The van der Waals surface area contributed by atoms with E-state index in [0.717, 1.165) is 25.9 Å². The Bertz CT molecular complexity index is 678. The molecule has 24 heavy (non-hydrogen) atoms. The quantitative estimate of drug-likeness (QED) is 0.746. The van der Waals surface area contributed by atoms with Crippen LogP contribution in [0.3, 0.4) is 0 Å². The van der Waals surface area contributed by atoms with E-state index in [1.807, 2.05) is 0 Å². The topological polar surface area (TPSA) is 43.9 Å². The maximum absolute atomic E-state index is 12.6. The molecule has 2 atom stereocenters. The van der Waals surface area contributed by atoms with Gasteiger partial charge in [-0.3, -0.25) is 4.90 Å². The van der Waals surface area contributed by atoms with Gasteiger partial charge in [-0.2, -0.15) is 17.0 Å². The van der Waals surface area contributed by atoms with Crippen molar-refractivity contribution in [2.24, 2.45) is 5.92 Å². The smallest absolute Gasteiger partial charge is 0.281 e. The summed E-state index contributed by atoms with van der Waals surface area (Å²) in [6.45, 7) is 3.16. The highest BCUT2D eigenvalue weighted by Crippen LogP contribution is 2.32. The fourth-order valence-corrected chi connectivity index (χ4v) is 5.63. The Labute approximate surface area is 150 Å². The van der Waals surface area contributed by atoms with Crippen LogP contribution in [-0.2, 0) is 16.8 Å². The molecule has 3 saturated heterocycles. The van der Waals surface area contributed by atoms with E-state index in [4.69, 9.17) is 0 Å². The molecule has 0 amide bonds. The molecule has 0 N–H and O–H groups in total. The Kier molecular flexibility index (Phi) is 5.56. The molecule has 3 aliphatic rings. The lowest BCUT2D eigenvalue weighted by Gasteiger charge is -2.36. The lowest BCUT2D eigenvalue weighted by atomic mass is 9.94. The van der Waals surface area contributed by atoms with Gasteiger partial charge in [0, 0.05) is 51.2 Å². The first kappa shape index (κ1) is 18.2. The van der Waals surface area contributed by atoms with E-state index < -0.39 is 10.2 Å². The van der Waals surface area contributed by atoms with Crippen LogP contribution in [0.1, 0.15) is 18.4 Å². The molecule has 3 fully saturated rings. The highest BCUT2D eigenvalue weighted by atomic mass is 32.2. The molecular weight excluding hydrogens is 342 g/mol. The second-order valence-electron chi connectivity index (χ2n) is 6.95. The molecule has 0 spiro atoms. The number of nitrogens with zero attached hydrogens (tertiary/aromatic N) is 3. The van der Waals surface area contributed by atoms with Crippen molar-refractivity contribution in [2.75, 3.05) is 40.0 Å². The Morgan fingerprint density at radius 3 is 2.62 bits per heavy atom. The van der Waals surface area contributed by atoms with Crippen molar-refractivity contribution in [2.45, 2.75) is 30.3 Å². The molecule has 1 aromatic rings. The first-order valence-electron chi connectivity index (χ1n) is 8.45. The second-order valence-corrected chi connectivity index (χ2v) is 9.94. The van der Waals surface area contributed by atoms with Crippen LogP contribution in [-0.4, -0.2) is 68.0 Å². The van der Waals surface area contributed by atoms with Gasteiger partial charge in [-0.1, -0.05) is 18.2 Å². The number of benzene rings is 1. The molecule has 4 rings (SSSR count). The first-order chi connectivity index (χ1) is 11.4. The van der Waals surface area contributed by atoms with Crippen molar-refractivity contribution in [3.8, 4) is 0 Å². The van der Waals surface area contributed by atoms with Crippen molar-refractivity contribution in [1.82, 2.24) is 13.5 Å². The van der Waals surface area contributed by atoms with Crippen molar-refractivity contribution < 1.29 is 8.42 Å². The van der Waals surface area contributed by atoms with Gasteiger partial charge in [0.1, 0.15) is 0 Å². The molecule has 0 radical (unpaired) electrons. The molecule has 7 heteroatoms. The number of rotatable bonds is 5. The van der Waals surface area contributed by atoms with Gasteiger partial charge in [-0.05, 0) is 36.6 Å². The fourth-order valence-electron chi connectivity index (χ4n) is 3.80. The molecule has 0 saturated carbocycles. The third-order valence-corrected chi connectivity index (χ3v) is 7.86.